The van der Waals surface area contributed by atoms with Crippen molar-refractivity contribution in [1.29, 1.82) is 0 Å². The number of nitrogens with one attached hydrogen (secondary N) is 2. The van der Waals surface area contributed by atoms with Crippen LogP contribution in [0.4, 0.5) is 5.69 Å². The summed E-state index contributed by atoms with van der Waals surface area (Å²) in [7, 11) is 0. The third-order valence-electron chi connectivity index (χ3n) is 4.38. The number of carbonyl (C=O) groups excluding carboxylic acids is 1. The van der Waals surface area contributed by atoms with E-state index in [0.29, 0.717) is 16.9 Å². The molecule has 29 heavy (non-hydrogen) atoms. The smallest absolute Gasteiger partial charge is 0.260 e. The molecular formula is C20H18N4O2S3. The Balaban J connectivity index is 1.53. The van der Waals surface area contributed by atoms with Crippen LogP contribution < -0.4 is 10.9 Å². The molecular weight excluding hydrogens is 424 g/mol. The number of thiazole rings is 1. The van der Waals surface area contributed by atoms with Gasteiger partial charge in [0.1, 0.15) is 10.7 Å². The third-order valence-corrected chi connectivity index (χ3v) is 7.62. The van der Waals surface area contributed by atoms with E-state index in [1.165, 1.54) is 34.4 Å². The topological polar surface area (TPSA) is 87.7 Å². The lowest BCUT2D eigenvalue weighted by Gasteiger charge is -2.07. The van der Waals surface area contributed by atoms with E-state index in [0.717, 1.165) is 30.9 Å². The average Bonchev–Trinajstić information content (AvgIpc) is 3.23. The number of thioether (sulfide) groups is 1. The van der Waals surface area contributed by atoms with Gasteiger partial charge in [-0.15, -0.1) is 22.7 Å². The van der Waals surface area contributed by atoms with Crippen molar-refractivity contribution in [3.63, 3.8) is 0 Å². The van der Waals surface area contributed by atoms with E-state index in [1.807, 2.05) is 50.4 Å². The first-order valence-corrected chi connectivity index (χ1v) is 11.5. The number of amides is 1. The Labute approximate surface area is 179 Å². The molecule has 0 aliphatic carbocycles. The van der Waals surface area contributed by atoms with Crippen molar-refractivity contribution in [3.8, 4) is 11.4 Å². The lowest BCUT2D eigenvalue weighted by Crippen LogP contribution is -2.14. The Morgan fingerprint density at radius 1 is 1.24 bits per heavy atom. The van der Waals surface area contributed by atoms with E-state index in [1.54, 1.807) is 0 Å². The minimum Gasteiger partial charge on any atom is -0.325 e. The highest BCUT2D eigenvalue weighted by Crippen LogP contribution is 2.28. The van der Waals surface area contributed by atoms with Crippen LogP contribution in [0.3, 0.4) is 0 Å². The minimum absolute atomic E-state index is 0.110. The van der Waals surface area contributed by atoms with E-state index in [4.69, 9.17) is 0 Å². The summed E-state index contributed by atoms with van der Waals surface area (Å²) in [5.41, 5.74) is 3.19. The van der Waals surface area contributed by atoms with E-state index < -0.39 is 0 Å². The van der Waals surface area contributed by atoms with Crippen LogP contribution in [-0.2, 0) is 4.79 Å². The molecule has 1 aromatic carbocycles. The van der Waals surface area contributed by atoms with Gasteiger partial charge in [0.05, 0.1) is 11.1 Å². The summed E-state index contributed by atoms with van der Waals surface area (Å²) in [4.78, 5) is 38.5. The summed E-state index contributed by atoms with van der Waals surface area (Å²) < 4.78 is 0.878. The molecule has 3 heterocycles. The van der Waals surface area contributed by atoms with Gasteiger partial charge in [-0.1, -0.05) is 23.9 Å². The molecule has 0 aliphatic rings. The van der Waals surface area contributed by atoms with Crippen LogP contribution >= 0.6 is 34.4 Å². The lowest BCUT2D eigenvalue weighted by atomic mass is 10.1. The summed E-state index contributed by atoms with van der Waals surface area (Å²) in [6.07, 6.45) is 0. The number of fused-ring (bicyclic) bond motifs is 1. The number of H-pyrrole nitrogens is 1. The van der Waals surface area contributed by atoms with Gasteiger partial charge in [-0.3, -0.25) is 9.59 Å². The largest absolute Gasteiger partial charge is 0.325 e. The molecule has 0 atom stereocenters. The fraction of sp³-hybridized carbons (Fsp3) is 0.200. The number of aromatic nitrogens is 3. The van der Waals surface area contributed by atoms with Gasteiger partial charge >= 0.3 is 0 Å². The Hall–Kier alpha value is -2.49. The fourth-order valence-electron chi connectivity index (χ4n) is 2.86. The molecule has 0 spiro atoms. The molecule has 1 amide bonds. The SMILES string of the molecule is Cc1csc(SCC(=O)Nc2cccc(-c3nc4sc(C)c(C)c4c(=O)[nH]3)c2)n1. The van der Waals surface area contributed by atoms with Crippen LogP contribution in [-0.4, -0.2) is 26.6 Å². The Morgan fingerprint density at radius 3 is 2.83 bits per heavy atom. The zero-order valence-corrected chi connectivity index (χ0v) is 18.5. The van der Waals surface area contributed by atoms with Gasteiger partial charge < -0.3 is 10.3 Å². The summed E-state index contributed by atoms with van der Waals surface area (Å²) >= 11 is 4.46. The molecule has 0 bridgehead atoms. The van der Waals surface area contributed by atoms with Crippen molar-refractivity contribution < 1.29 is 4.79 Å². The van der Waals surface area contributed by atoms with Crippen molar-refractivity contribution in [2.75, 3.05) is 11.1 Å². The molecule has 148 valence electrons. The van der Waals surface area contributed by atoms with Crippen molar-refractivity contribution in [2.45, 2.75) is 25.1 Å². The maximum absolute atomic E-state index is 12.5. The zero-order chi connectivity index (χ0) is 20.5. The van der Waals surface area contributed by atoms with Crippen LogP contribution in [0.1, 0.15) is 16.1 Å². The Kier molecular flexibility index (Phi) is 5.53. The number of aromatic amines is 1. The first-order chi connectivity index (χ1) is 13.9. The Morgan fingerprint density at radius 2 is 2.07 bits per heavy atom. The molecule has 9 heteroatoms. The molecule has 2 N–H and O–H groups in total. The summed E-state index contributed by atoms with van der Waals surface area (Å²) in [6.45, 7) is 5.86. The lowest BCUT2D eigenvalue weighted by molar-refractivity contribution is -0.113. The highest BCUT2D eigenvalue weighted by molar-refractivity contribution is 8.01. The number of hydrogen-bond donors (Lipinski definition) is 2. The van der Waals surface area contributed by atoms with Crippen molar-refractivity contribution in [2.24, 2.45) is 0 Å². The molecule has 3 aromatic heterocycles. The van der Waals surface area contributed by atoms with Gasteiger partial charge in [0, 0.05) is 27.2 Å². The highest BCUT2D eigenvalue weighted by atomic mass is 32.2. The van der Waals surface area contributed by atoms with Gasteiger partial charge in [0.25, 0.3) is 5.56 Å². The molecule has 0 aliphatic heterocycles. The van der Waals surface area contributed by atoms with Crippen LogP contribution in [0.25, 0.3) is 21.6 Å². The molecule has 0 fully saturated rings. The Bertz CT molecular complexity index is 1270. The van der Waals surface area contributed by atoms with Crippen LogP contribution in [0.2, 0.25) is 0 Å². The average molecular weight is 443 g/mol. The summed E-state index contributed by atoms with van der Waals surface area (Å²) in [5, 5.41) is 5.51. The number of nitrogens with zero attached hydrogens (tertiary/aromatic N) is 2. The van der Waals surface area contributed by atoms with Gasteiger partial charge in [-0.25, -0.2) is 9.97 Å². The van der Waals surface area contributed by atoms with Crippen molar-refractivity contribution in [1.82, 2.24) is 15.0 Å². The van der Waals surface area contributed by atoms with Gasteiger partial charge in [0.15, 0.2) is 4.34 Å². The first kappa shape index (κ1) is 19.8. The van der Waals surface area contributed by atoms with E-state index in [-0.39, 0.29) is 17.2 Å². The van der Waals surface area contributed by atoms with E-state index in [9.17, 15) is 9.59 Å². The van der Waals surface area contributed by atoms with Crippen LogP contribution in [0, 0.1) is 20.8 Å². The molecule has 4 rings (SSSR count). The maximum Gasteiger partial charge on any atom is 0.260 e. The quantitative estimate of drug-likeness (QED) is 0.435. The number of anilines is 1. The number of benzene rings is 1. The predicted octanol–water partition coefficient (Wildman–Crippen LogP) is 4.76. The standard InChI is InChI=1S/C20H18N4O2S3/c1-10-8-27-20(21-10)28-9-15(25)22-14-6-4-5-13(7-14)17-23-18(26)16-11(2)12(3)29-19(16)24-17/h4-8H,9H2,1-3H3,(H,22,25)(H,23,24,26). The second kappa shape index (κ2) is 8.10. The zero-order valence-electron chi connectivity index (χ0n) is 16.0. The number of carbonyl (C=O) groups is 1. The van der Waals surface area contributed by atoms with Crippen LogP contribution in [0.5, 0.6) is 0 Å². The maximum atomic E-state index is 12.5. The number of thiophene rings is 1. The second-order valence-electron chi connectivity index (χ2n) is 6.55. The molecule has 4 aromatic rings. The van der Waals surface area contributed by atoms with Gasteiger partial charge in [-0.05, 0) is 38.5 Å². The van der Waals surface area contributed by atoms with Crippen LogP contribution in [0.15, 0.2) is 38.8 Å². The molecule has 0 saturated heterocycles. The molecule has 0 saturated carbocycles. The number of hydrogen-bond acceptors (Lipinski definition) is 7. The second-order valence-corrected chi connectivity index (χ2v) is 9.83. The van der Waals surface area contributed by atoms with Crippen molar-refractivity contribution in [3.05, 3.63) is 56.1 Å². The van der Waals surface area contributed by atoms with E-state index in [2.05, 4.69) is 20.3 Å². The summed E-state index contributed by atoms with van der Waals surface area (Å²) in [6, 6.07) is 7.32. The van der Waals surface area contributed by atoms with E-state index >= 15 is 0 Å². The molecule has 0 radical (unpaired) electrons. The minimum atomic E-state index is -0.142. The molecule has 6 nitrogen and oxygen atoms in total. The van der Waals surface area contributed by atoms with Gasteiger partial charge in [-0.2, -0.15) is 0 Å². The first-order valence-electron chi connectivity index (χ1n) is 8.86. The van der Waals surface area contributed by atoms with Gasteiger partial charge in [0.2, 0.25) is 5.91 Å². The normalized spacial score (nSPS) is 11.1. The highest BCUT2D eigenvalue weighted by Gasteiger charge is 2.13. The fourth-order valence-corrected chi connectivity index (χ4v) is 5.54. The third kappa shape index (κ3) is 4.26. The van der Waals surface area contributed by atoms with Crippen molar-refractivity contribution >= 4 is 56.2 Å². The molecule has 0 unspecified atom stereocenters. The number of rotatable bonds is 5. The number of aryl methyl sites for hydroxylation is 3. The summed E-state index contributed by atoms with van der Waals surface area (Å²) in [5.74, 6) is 0.667. The predicted molar refractivity (Wildman–Crippen MR) is 121 cm³/mol. The monoisotopic (exact) mass is 442 g/mol.